The summed E-state index contributed by atoms with van der Waals surface area (Å²) in [5, 5.41) is 9.20. The number of hydrogen-bond acceptors (Lipinski definition) is 1. The van der Waals surface area contributed by atoms with Crippen LogP contribution in [0.25, 0.3) is 0 Å². The maximum Gasteiger partial charge on any atom is 0.139 e. The van der Waals surface area contributed by atoms with Gasteiger partial charge in [0, 0.05) is 0 Å². The number of aliphatic hydroxyl groups is 1. The summed E-state index contributed by atoms with van der Waals surface area (Å²) in [6.45, 7) is 7.64. The third-order valence-corrected chi connectivity index (χ3v) is 3.23. The molecule has 0 fully saturated rings. The van der Waals surface area contributed by atoms with Crippen molar-refractivity contribution in [3.63, 3.8) is 0 Å². The predicted octanol–water partition coefficient (Wildman–Crippen LogP) is 4.28. The minimum absolute atomic E-state index is 0.301. The Labute approximate surface area is 108 Å². The second kappa shape index (κ2) is 9.52. The van der Waals surface area contributed by atoms with E-state index in [4.69, 9.17) is 0 Å². The zero-order chi connectivity index (χ0) is 13.1. The molecule has 0 unspecified atom stereocenters. The number of likely N-dealkylation sites (N-methyl/N-ethyl adjacent to an activating group) is 1. The van der Waals surface area contributed by atoms with Crippen molar-refractivity contribution in [2.75, 3.05) is 27.2 Å². The van der Waals surface area contributed by atoms with E-state index >= 15 is 0 Å². The molecular formula is C15H32NO+. The second-order valence-corrected chi connectivity index (χ2v) is 5.86. The van der Waals surface area contributed by atoms with Crippen molar-refractivity contribution in [1.82, 2.24) is 0 Å². The molecule has 0 bridgehead atoms. The number of quaternary nitrogens is 1. The van der Waals surface area contributed by atoms with Gasteiger partial charge in [0.2, 0.25) is 0 Å². The maximum atomic E-state index is 9.20. The van der Waals surface area contributed by atoms with E-state index in [1.54, 1.807) is 0 Å². The van der Waals surface area contributed by atoms with E-state index in [-0.39, 0.29) is 0 Å². The van der Waals surface area contributed by atoms with Gasteiger partial charge in [-0.15, -0.1) is 0 Å². The van der Waals surface area contributed by atoms with Gasteiger partial charge in [0.1, 0.15) is 12.3 Å². The van der Waals surface area contributed by atoms with Crippen LogP contribution in [0.3, 0.4) is 0 Å². The largest absolute Gasteiger partial charge is 0.507 e. The predicted molar refractivity (Wildman–Crippen MR) is 76.2 cm³/mol. The molecule has 102 valence electrons. The van der Waals surface area contributed by atoms with Crippen LogP contribution >= 0.6 is 0 Å². The first-order valence-electron chi connectivity index (χ1n) is 7.16. The summed E-state index contributed by atoms with van der Waals surface area (Å²) in [5.74, 6) is 0.301. The molecule has 0 aromatic carbocycles. The van der Waals surface area contributed by atoms with Crippen LogP contribution in [0.15, 0.2) is 12.3 Å². The minimum atomic E-state index is 0.301. The van der Waals surface area contributed by atoms with Crippen molar-refractivity contribution in [3.05, 3.63) is 12.3 Å². The van der Waals surface area contributed by atoms with Gasteiger partial charge in [-0.05, 0) is 12.8 Å². The summed E-state index contributed by atoms with van der Waals surface area (Å²) in [7, 11) is 4.31. The van der Waals surface area contributed by atoms with Crippen molar-refractivity contribution in [3.8, 4) is 0 Å². The first kappa shape index (κ1) is 16.5. The fourth-order valence-electron chi connectivity index (χ4n) is 2.25. The normalized spacial score (nSPS) is 11.7. The lowest BCUT2D eigenvalue weighted by Crippen LogP contribution is -2.41. The van der Waals surface area contributed by atoms with Gasteiger partial charge in [0.25, 0.3) is 0 Å². The highest BCUT2D eigenvalue weighted by atomic mass is 16.3. The summed E-state index contributed by atoms with van der Waals surface area (Å²) >= 11 is 0. The quantitative estimate of drug-likeness (QED) is 0.326. The van der Waals surface area contributed by atoms with Crippen LogP contribution in [0.4, 0.5) is 0 Å². The van der Waals surface area contributed by atoms with E-state index in [2.05, 4.69) is 27.6 Å². The average molecular weight is 242 g/mol. The van der Waals surface area contributed by atoms with Crippen LogP contribution in [0.5, 0.6) is 0 Å². The standard InChI is InChI=1S/C15H31NO/c1-5-6-7-8-9-10-11-12-13-16(3,4)14-15(2)17/h2,5-14H2,1,3-4H3/p+1. The molecule has 0 aliphatic carbocycles. The highest BCUT2D eigenvalue weighted by molar-refractivity contribution is 4.77. The van der Waals surface area contributed by atoms with E-state index < -0.39 is 0 Å². The van der Waals surface area contributed by atoms with Crippen LogP contribution in [0.2, 0.25) is 0 Å². The fourth-order valence-corrected chi connectivity index (χ4v) is 2.25. The monoisotopic (exact) mass is 242 g/mol. The van der Waals surface area contributed by atoms with Crippen molar-refractivity contribution >= 4 is 0 Å². The Morgan fingerprint density at radius 3 is 1.88 bits per heavy atom. The molecule has 0 atom stereocenters. The molecule has 0 rings (SSSR count). The smallest absolute Gasteiger partial charge is 0.139 e. The first-order valence-corrected chi connectivity index (χ1v) is 7.16. The third kappa shape index (κ3) is 11.8. The Morgan fingerprint density at radius 1 is 0.941 bits per heavy atom. The second-order valence-electron chi connectivity index (χ2n) is 5.86. The van der Waals surface area contributed by atoms with Crippen LogP contribution in [0.1, 0.15) is 58.3 Å². The van der Waals surface area contributed by atoms with Gasteiger partial charge in [-0.25, -0.2) is 0 Å². The minimum Gasteiger partial charge on any atom is -0.507 e. The SMILES string of the molecule is C=C(O)C[N+](C)(C)CCCCCCCCCC. The Morgan fingerprint density at radius 2 is 1.41 bits per heavy atom. The van der Waals surface area contributed by atoms with E-state index in [0.29, 0.717) is 12.3 Å². The summed E-state index contributed by atoms with van der Waals surface area (Å²) in [6, 6.07) is 0. The molecule has 0 radical (unpaired) electrons. The van der Waals surface area contributed by atoms with E-state index in [1.165, 1.54) is 51.4 Å². The van der Waals surface area contributed by atoms with Gasteiger partial charge in [0.05, 0.1) is 20.6 Å². The van der Waals surface area contributed by atoms with Gasteiger partial charge in [-0.2, -0.15) is 0 Å². The Hall–Kier alpha value is -0.500. The van der Waals surface area contributed by atoms with Crippen molar-refractivity contribution in [2.24, 2.45) is 0 Å². The number of rotatable bonds is 11. The van der Waals surface area contributed by atoms with Crippen LogP contribution in [0, 0.1) is 0 Å². The average Bonchev–Trinajstić information content (AvgIpc) is 2.20. The topological polar surface area (TPSA) is 20.2 Å². The zero-order valence-corrected chi connectivity index (χ0v) is 12.2. The molecule has 0 aromatic rings. The highest BCUT2D eigenvalue weighted by Crippen LogP contribution is 2.10. The molecule has 2 heteroatoms. The zero-order valence-electron chi connectivity index (χ0n) is 12.2. The molecule has 0 saturated carbocycles. The Balaban J connectivity index is 3.35. The Bertz CT molecular complexity index is 199. The lowest BCUT2D eigenvalue weighted by molar-refractivity contribution is -0.887. The first-order chi connectivity index (χ1) is 7.98. The Kier molecular flexibility index (Phi) is 9.24. The molecule has 0 heterocycles. The molecule has 0 saturated heterocycles. The third-order valence-electron chi connectivity index (χ3n) is 3.23. The van der Waals surface area contributed by atoms with Gasteiger partial charge < -0.3 is 9.59 Å². The summed E-state index contributed by atoms with van der Waals surface area (Å²) in [6.07, 6.45) is 10.9. The van der Waals surface area contributed by atoms with Gasteiger partial charge in [0.15, 0.2) is 0 Å². The van der Waals surface area contributed by atoms with E-state index in [0.717, 1.165) is 11.0 Å². The number of unbranched alkanes of at least 4 members (excludes halogenated alkanes) is 7. The van der Waals surface area contributed by atoms with Crippen molar-refractivity contribution in [2.45, 2.75) is 58.3 Å². The molecule has 0 aliphatic heterocycles. The summed E-state index contributed by atoms with van der Waals surface area (Å²) < 4.78 is 0.852. The fraction of sp³-hybridized carbons (Fsp3) is 0.867. The summed E-state index contributed by atoms with van der Waals surface area (Å²) in [4.78, 5) is 0. The lowest BCUT2D eigenvalue weighted by atomic mass is 10.1. The van der Waals surface area contributed by atoms with Gasteiger partial charge in [-0.3, -0.25) is 0 Å². The highest BCUT2D eigenvalue weighted by Gasteiger charge is 2.15. The molecule has 0 spiro atoms. The number of nitrogens with zero attached hydrogens (tertiary/aromatic N) is 1. The molecule has 0 amide bonds. The molecule has 0 aromatic heterocycles. The molecular weight excluding hydrogens is 210 g/mol. The lowest BCUT2D eigenvalue weighted by Gasteiger charge is -2.29. The van der Waals surface area contributed by atoms with Crippen LogP contribution in [-0.2, 0) is 0 Å². The van der Waals surface area contributed by atoms with Crippen molar-refractivity contribution < 1.29 is 9.59 Å². The van der Waals surface area contributed by atoms with E-state index in [1.807, 2.05) is 0 Å². The van der Waals surface area contributed by atoms with Crippen LogP contribution < -0.4 is 0 Å². The number of aliphatic hydroxyl groups excluding tert-OH is 1. The molecule has 2 nitrogen and oxygen atoms in total. The molecule has 0 aliphatic rings. The van der Waals surface area contributed by atoms with Gasteiger partial charge >= 0.3 is 0 Å². The molecule has 1 N–H and O–H groups in total. The van der Waals surface area contributed by atoms with Crippen molar-refractivity contribution in [1.29, 1.82) is 0 Å². The number of hydrogen-bond donors (Lipinski definition) is 1. The van der Waals surface area contributed by atoms with E-state index in [9.17, 15) is 5.11 Å². The maximum absolute atomic E-state index is 9.20. The van der Waals surface area contributed by atoms with Gasteiger partial charge in [-0.1, -0.05) is 52.0 Å². The summed E-state index contributed by atoms with van der Waals surface area (Å²) in [5.41, 5.74) is 0. The van der Waals surface area contributed by atoms with Crippen LogP contribution in [-0.4, -0.2) is 36.8 Å². The molecule has 17 heavy (non-hydrogen) atoms.